The van der Waals surface area contributed by atoms with Crippen LogP contribution in [0.25, 0.3) is 0 Å². The number of amides is 2. The molecule has 0 bridgehead atoms. The zero-order valence-corrected chi connectivity index (χ0v) is 13.4. The topological polar surface area (TPSA) is 58.2 Å². The van der Waals surface area contributed by atoms with Crippen LogP contribution in [0.3, 0.4) is 0 Å². The van der Waals surface area contributed by atoms with E-state index in [4.69, 9.17) is 0 Å². The summed E-state index contributed by atoms with van der Waals surface area (Å²) < 4.78 is 37.6. The van der Waals surface area contributed by atoms with Crippen LogP contribution in [0.4, 0.5) is 18.9 Å². The van der Waals surface area contributed by atoms with Crippen LogP contribution in [-0.2, 0) is 15.8 Å². The average molecular weight is 350 g/mol. The summed E-state index contributed by atoms with van der Waals surface area (Å²) >= 11 is 0. The first-order chi connectivity index (χ1) is 11.8. The molecule has 0 saturated heterocycles. The molecule has 0 fully saturated rings. The maximum Gasteiger partial charge on any atom is 0.416 e. The van der Waals surface area contributed by atoms with Crippen molar-refractivity contribution in [2.75, 3.05) is 5.32 Å². The largest absolute Gasteiger partial charge is 0.416 e. The lowest BCUT2D eigenvalue weighted by Crippen LogP contribution is -2.29. The van der Waals surface area contributed by atoms with Crippen molar-refractivity contribution in [3.8, 4) is 0 Å². The Balaban J connectivity index is 2.05. The highest BCUT2D eigenvalue weighted by atomic mass is 19.4. The highest BCUT2D eigenvalue weighted by Gasteiger charge is 2.30. The van der Waals surface area contributed by atoms with Gasteiger partial charge in [0.25, 0.3) is 0 Å². The Morgan fingerprint density at radius 3 is 2.12 bits per heavy atom. The number of hydrogen-bond donors (Lipinski definition) is 2. The van der Waals surface area contributed by atoms with E-state index in [0.717, 1.165) is 17.7 Å². The summed E-state index contributed by atoms with van der Waals surface area (Å²) in [5, 5.41) is 5.23. The highest BCUT2D eigenvalue weighted by Crippen LogP contribution is 2.30. The Morgan fingerprint density at radius 1 is 1.00 bits per heavy atom. The minimum atomic E-state index is -4.42. The second-order valence-corrected chi connectivity index (χ2v) is 5.49. The van der Waals surface area contributed by atoms with Gasteiger partial charge in [0.1, 0.15) is 0 Å². The number of anilines is 1. The predicted molar refractivity (Wildman–Crippen MR) is 87.7 cm³/mol. The van der Waals surface area contributed by atoms with Crippen LogP contribution >= 0.6 is 0 Å². The van der Waals surface area contributed by atoms with Crippen LogP contribution in [0, 0.1) is 0 Å². The summed E-state index contributed by atoms with van der Waals surface area (Å²) in [7, 11) is 0. The van der Waals surface area contributed by atoms with Gasteiger partial charge < -0.3 is 10.6 Å². The summed E-state index contributed by atoms with van der Waals surface area (Å²) in [5.74, 6) is -0.696. The molecule has 2 aromatic carbocycles. The van der Waals surface area contributed by atoms with Gasteiger partial charge in [0, 0.05) is 12.6 Å². The molecule has 0 saturated carbocycles. The number of benzene rings is 2. The summed E-state index contributed by atoms with van der Waals surface area (Å²) in [6.45, 7) is 1.35. The molecule has 0 aliphatic carbocycles. The van der Waals surface area contributed by atoms with Crippen molar-refractivity contribution >= 4 is 17.5 Å². The number of rotatable bonds is 5. The first kappa shape index (κ1) is 18.5. The molecular weight excluding hydrogens is 333 g/mol. The van der Waals surface area contributed by atoms with Crippen LogP contribution in [0.5, 0.6) is 0 Å². The third kappa shape index (κ3) is 5.63. The molecule has 7 heteroatoms. The van der Waals surface area contributed by atoms with E-state index < -0.39 is 23.7 Å². The summed E-state index contributed by atoms with van der Waals surface area (Å²) in [6.07, 6.45) is -4.46. The summed E-state index contributed by atoms with van der Waals surface area (Å²) in [5.41, 5.74) is 0.235. The lowest BCUT2D eigenvalue weighted by Gasteiger charge is -2.18. The van der Waals surface area contributed by atoms with Crippen LogP contribution in [0.1, 0.15) is 30.5 Å². The average Bonchev–Trinajstić information content (AvgIpc) is 2.54. The smallest absolute Gasteiger partial charge is 0.349 e. The van der Waals surface area contributed by atoms with E-state index in [1.807, 2.05) is 6.07 Å². The molecule has 0 aliphatic heterocycles. The van der Waals surface area contributed by atoms with Crippen molar-refractivity contribution in [1.82, 2.24) is 5.32 Å². The van der Waals surface area contributed by atoms with Crippen molar-refractivity contribution in [3.63, 3.8) is 0 Å². The number of halogens is 3. The molecule has 0 heterocycles. The Kier molecular flexibility index (Phi) is 5.80. The first-order valence-corrected chi connectivity index (χ1v) is 7.55. The fraction of sp³-hybridized carbons (Fsp3) is 0.222. The van der Waals surface area contributed by atoms with Crippen molar-refractivity contribution in [1.29, 1.82) is 0 Å². The minimum absolute atomic E-state index is 0.0371. The Labute approximate surface area is 143 Å². The lowest BCUT2D eigenvalue weighted by molar-refractivity contribution is -0.137. The molecule has 1 unspecified atom stereocenters. The normalized spacial score (nSPS) is 12.3. The van der Waals surface area contributed by atoms with Gasteiger partial charge >= 0.3 is 6.18 Å². The van der Waals surface area contributed by atoms with E-state index in [-0.39, 0.29) is 18.0 Å². The lowest BCUT2D eigenvalue weighted by atomic mass is 10.0. The second-order valence-electron chi connectivity index (χ2n) is 5.49. The van der Waals surface area contributed by atoms with E-state index in [1.165, 1.54) is 19.1 Å². The standard InChI is InChI=1S/C18H17F3N2O2/c1-12(24)22-16(13-5-3-2-4-6-13)11-17(25)23-15-9-7-14(8-10-15)18(19,20)21/h2-10,16H,11H2,1H3,(H,22,24)(H,23,25). The highest BCUT2D eigenvalue weighted by molar-refractivity contribution is 5.91. The fourth-order valence-electron chi connectivity index (χ4n) is 2.32. The third-order valence-electron chi connectivity index (χ3n) is 3.46. The van der Waals surface area contributed by atoms with Crippen molar-refractivity contribution in [2.24, 2.45) is 0 Å². The number of hydrogen-bond acceptors (Lipinski definition) is 2. The number of carbonyl (C=O) groups is 2. The minimum Gasteiger partial charge on any atom is -0.349 e. The van der Waals surface area contributed by atoms with Crippen LogP contribution in [0.2, 0.25) is 0 Å². The zero-order chi connectivity index (χ0) is 18.4. The molecule has 0 aromatic heterocycles. The van der Waals surface area contributed by atoms with Gasteiger partial charge in [-0.2, -0.15) is 13.2 Å². The molecule has 0 aliphatic rings. The van der Waals surface area contributed by atoms with Gasteiger partial charge in [-0.05, 0) is 29.8 Å². The monoisotopic (exact) mass is 350 g/mol. The number of carbonyl (C=O) groups excluding carboxylic acids is 2. The summed E-state index contributed by atoms with van der Waals surface area (Å²) in [6, 6.07) is 12.6. The van der Waals surface area contributed by atoms with E-state index in [1.54, 1.807) is 24.3 Å². The fourth-order valence-corrected chi connectivity index (χ4v) is 2.32. The van der Waals surface area contributed by atoms with Crippen LogP contribution < -0.4 is 10.6 Å². The van der Waals surface area contributed by atoms with Gasteiger partial charge in [0.2, 0.25) is 11.8 Å². The van der Waals surface area contributed by atoms with Crippen molar-refractivity contribution in [3.05, 3.63) is 65.7 Å². The molecule has 1 atom stereocenters. The molecule has 2 aromatic rings. The maximum absolute atomic E-state index is 12.5. The second kappa shape index (κ2) is 7.83. The maximum atomic E-state index is 12.5. The number of alkyl halides is 3. The summed E-state index contributed by atoms with van der Waals surface area (Å²) in [4.78, 5) is 23.5. The van der Waals surface area contributed by atoms with Gasteiger partial charge in [-0.3, -0.25) is 9.59 Å². The van der Waals surface area contributed by atoms with E-state index >= 15 is 0 Å². The molecule has 0 radical (unpaired) electrons. The van der Waals surface area contributed by atoms with E-state index in [0.29, 0.717) is 0 Å². The SMILES string of the molecule is CC(=O)NC(CC(=O)Nc1ccc(C(F)(F)F)cc1)c1ccccc1. The van der Waals surface area contributed by atoms with Gasteiger partial charge in [0.05, 0.1) is 18.0 Å². The van der Waals surface area contributed by atoms with E-state index in [9.17, 15) is 22.8 Å². The van der Waals surface area contributed by atoms with Gasteiger partial charge in [-0.1, -0.05) is 30.3 Å². The molecule has 0 spiro atoms. The van der Waals surface area contributed by atoms with Crippen molar-refractivity contribution < 1.29 is 22.8 Å². The molecule has 4 nitrogen and oxygen atoms in total. The quantitative estimate of drug-likeness (QED) is 0.859. The van der Waals surface area contributed by atoms with Gasteiger partial charge in [-0.15, -0.1) is 0 Å². The van der Waals surface area contributed by atoms with Gasteiger partial charge in [0.15, 0.2) is 0 Å². The van der Waals surface area contributed by atoms with Crippen LogP contribution in [-0.4, -0.2) is 11.8 Å². The molecule has 25 heavy (non-hydrogen) atoms. The van der Waals surface area contributed by atoms with E-state index in [2.05, 4.69) is 10.6 Å². The van der Waals surface area contributed by atoms with Crippen molar-refractivity contribution in [2.45, 2.75) is 25.6 Å². The Bertz CT molecular complexity index is 728. The molecule has 2 amide bonds. The van der Waals surface area contributed by atoms with Crippen LogP contribution in [0.15, 0.2) is 54.6 Å². The molecule has 2 rings (SSSR count). The molecule has 2 N–H and O–H groups in total. The Hall–Kier alpha value is -2.83. The molecular formula is C18H17F3N2O2. The Morgan fingerprint density at radius 2 is 1.60 bits per heavy atom. The number of nitrogens with one attached hydrogen (secondary N) is 2. The third-order valence-corrected chi connectivity index (χ3v) is 3.46. The zero-order valence-electron chi connectivity index (χ0n) is 13.4. The first-order valence-electron chi connectivity index (χ1n) is 7.55. The van der Waals surface area contributed by atoms with Gasteiger partial charge in [-0.25, -0.2) is 0 Å². The molecule has 132 valence electrons. The predicted octanol–water partition coefficient (Wildman–Crippen LogP) is 3.91.